The third-order valence-corrected chi connectivity index (χ3v) is 2.56. The number of hydrogen-bond donors (Lipinski definition) is 2. The molecule has 1 unspecified atom stereocenters. The Hall–Kier alpha value is -0.860. The zero-order valence-electron chi connectivity index (χ0n) is 10.2. The second kappa shape index (κ2) is 4.77. The Morgan fingerprint density at radius 1 is 1.27 bits per heavy atom. The van der Waals surface area contributed by atoms with Crippen LogP contribution in [0.5, 0.6) is 0 Å². The van der Waals surface area contributed by atoms with Crippen molar-refractivity contribution in [3.63, 3.8) is 0 Å². The molecule has 0 amide bonds. The highest BCUT2D eigenvalue weighted by Crippen LogP contribution is 2.22. The molecule has 0 heterocycles. The van der Waals surface area contributed by atoms with Gasteiger partial charge in [0.15, 0.2) is 0 Å². The van der Waals surface area contributed by atoms with Gasteiger partial charge in [-0.1, -0.05) is 29.8 Å². The number of rotatable bonds is 4. The highest BCUT2D eigenvalue weighted by atomic mass is 14.9. The van der Waals surface area contributed by atoms with Crippen molar-refractivity contribution in [3.05, 3.63) is 35.4 Å². The highest BCUT2D eigenvalue weighted by Gasteiger charge is 2.18. The summed E-state index contributed by atoms with van der Waals surface area (Å²) in [7, 11) is 1.98. The van der Waals surface area contributed by atoms with Crippen molar-refractivity contribution in [2.75, 3.05) is 7.05 Å². The fourth-order valence-electron chi connectivity index (χ4n) is 1.71. The van der Waals surface area contributed by atoms with E-state index in [2.05, 4.69) is 50.4 Å². The summed E-state index contributed by atoms with van der Waals surface area (Å²) < 4.78 is 0. The number of aryl methyl sites for hydroxylation is 1. The van der Waals surface area contributed by atoms with E-state index in [-0.39, 0.29) is 5.54 Å². The normalized spacial score (nSPS) is 13.9. The van der Waals surface area contributed by atoms with E-state index in [0.717, 1.165) is 6.42 Å². The average Bonchev–Trinajstić information content (AvgIpc) is 2.14. The van der Waals surface area contributed by atoms with Gasteiger partial charge in [0, 0.05) is 11.6 Å². The van der Waals surface area contributed by atoms with Gasteiger partial charge in [-0.15, -0.1) is 0 Å². The maximum atomic E-state index is 6.04. The number of hydrogen-bond acceptors (Lipinski definition) is 2. The van der Waals surface area contributed by atoms with Gasteiger partial charge in [-0.2, -0.15) is 0 Å². The topological polar surface area (TPSA) is 38.0 Å². The van der Waals surface area contributed by atoms with Gasteiger partial charge in [-0.3, -0.25) is 0 Å². The van der Waals surface area contributed by atoms with Gasteiger partial charge >= 0.3 is 0 Å². The molecule has 0 saturated carbocycles. The molecule has 0 aliphatic rings. The molecular weight excluding hydrogens is 184 g/mol. The first-order valence-electron chi connectivity index (χ1n) is 5.45. The van der Waals surface area contributed by atoms with Crippen molar-refractivity contribution in [1.82, 2.24) is 5.32 Å². The molecule has 0 aliphatic heterocycles. The molecule has 1 aromatic rings. The van der Waals surface area contributed by atoms with Crippen LogP contribution in [0.2, 0.25) is 0 Å². The van der Waals surface area contributed by atoms with Crippen LogP contribution in [0, 0.1) is 6.92 Å². The Labute approximate surface area is 92.9 Å². The molecule has 84 valence electrons. The van der Waals surface area contributed by atoms with Crippen LogP contribution in [0.3, 0.4) is 0 Å². The van der Waals surface area contributed by atoms with E-state index in [1.54, 1.807) is 0 Å². The van der Waals surface area contributed by atoms with Gasteiger partial charge < -0.3 is 11.1 Å². The number of nitrogens with two attached hydrogens (primary N) is 1. The van der Waals surface area contributed by atoms with Crippen molar-refractivity contribution in [1.29, 1.82) is 0 Å². The van der Waals surface area contributed by atoms with E-state index in [1.165, 1.54) is 11.1 Å². The Kier molecular flexibility index (Phi) is 3.89. The van der Waals surface area contributed by atoms with E-state index >= 15 is 0 Å². The Balaban J connectivity index is 2.79. The third kappa shape index (κ3) is 4.02. The minimum Gasteiger partial charge on any atom is -0.325 e. The van der Waals surface area contributed by atoms with Crippen LogP contribution in [-0.4, -0.2) is 12.6 Å². The molecule has 0 fully saturated rings. The third-order valence-electron chi connectivity index (χ3n) is 2.56. The summed E-state index contributed by atoms with van der Waals surface area (Å²) in [5.41, 5.74) is 8.50. The molecule has 1 rings (SSSR count). The maximum Gasteiger partial charge on any atom is 0.0334 e. The largest absolute Gasteiger partial charge is 0.325 e. The first kappa shape index (κ1) is 12.2. The van der Waals surface area contributed by atoms with Crippen LogP contribution in [0.1, 0.15) is 37.4 Å². The second-order valence-electron chi connectivity index (χ2n) is 4.94. The second-order valence-corrected chi connectivity index (χ2v) is 4.94. The quantitative estimate of drug-likeness (QED) is 0.794. The van der Waals surface area contributed by atoms with E-state index in [0.29, 0.717) is 6.04 Å². The Morgan fingerprint density at radius 2 is 1.80 bits per heavy atom. The van der Waals surface area contributed by atoms with E-state index in [9.17, 15) is 0 Å². The van der Waals surface area contributed by atoms with Gasteiger partial charge in [0.2, 0.25) is 0 Å². The zero-order chi connectivity index (χ0) is 11.5. The molecule has 0 saturated heterocycles. The molecular formula is C13H22N2. The van der Waals surface area contributed by atoms with E-state index < -0.39 is 0 Å². The summed E-state index contributed by atoms with van der Waals surface area (Å²) in [5, 5.41) is 3.31. The summed E-state index contributed by atoms with van der Waals surface area (Å²) >= 11 is 0. The van der Waals surface area contributed by atoms with Crippen LogP contribution >= 0.6 is 0 Å². The standard InChI is InChI=1S/C13H22N2/c1-10-5-7-11(8-6-10)12(15-4)9-13(2,3)14/h5-8,12,15H,9,14H2,1-4H3. The molecule has 2 nitrogen and oxygen atoms in total. The van der Waals surface area contributed by atoms with Crippen LogP contribution < -0.4 is 11.1 Å². The van der Waals surface area contributed by atoms with Crippen molar-refractivity contribution in [2.45, 2.75) is 38.8 Å². The summed E-state index contributed by atoms with van der Waals surface area (Å²) in [5.74, 6) is 0. The first-order chi connectivity index (χ1) is 6.92. The fraction of sp³-hybridized carbons (Fsp3) is 0.538. The van der Waals surface area contributed by atoms with Crippen LogP contribution in [0.25, 0.3) is 0 Å². The summed E-state index contributed by atoms with van der Waals surface area (Å²) in [4.78, 5) is 0. The van der Waals surface area contributed by atoms with Gasteiger partial charge in [0.1, 0.15) is 0 Å². The van der Waals surface area contributed by atoms with E-state index in [4.69, 9.17) is 5.73 Å². The minimum atomic E-state index is -0.140. The fourth-order valence-corrected chi connectivity index (χ4v) is 1.71. The van der Waals surface area contributed by atoms with E-state index in [1.807, 2.05) is 7.05 Å². The van der Waals surface area contributed by atoms with Crippen molar-refractivity contribution < 1.29 is 0 Å². The summed E-state index contributed by atoms with van der Waals surface area (Å²) in [6.45, 7) is 6.22. The molecule has 0 aliphatic carbocycles. The minimum absolute atomic E-state index is 0.140. The molecule has 0 radical (unpaired) electrons. The van der Waals surface area contributed by atoms with Crippen molar-refractivity contribution in [2.24, 2.45) is 5.73 Å². The van der Waals surface area contributed by atoms with Crippen LogP contribution in [0.15, 0.2) is 24.3 Å². The van der Waals surface area contributed by atoms with Crippen molar-refractivity contribution in [3.8, 4) is 0 Å². The van der Waals surface area contributed by atoms with Crippen molar-refractivity contribution >= 4 is 0 Å². The zero-order valence-corrected chi connectivity index (χ0v) is 10.2. The molecule has 1 atom stereocenters. The average molecular weight is 206 g/mol. The molecule has 0 aromatic heterocycles. The van der Waals surface area contributed by atoms with Crippen LogP contribution in [0.4, 0.5) is 0 Å². The SMILES string of the molecule is CNC(CC(C)(C)N)c1ccc(C)cc1. The lowest BCUT2D eigenvalue weighted by molar-refractivity contribution is 0.396. The lowest BCUT2D eigenvalue weighted by atomic mass is 9.92. The maximum absolute atomic E-state index is 6.04. The first-order valence-corrected chi connectivity index (χ1v) is 5.45. The molecule has 2 heteroatoms. The van der Waals surface area contributed by atoms with Crippen LogP contribution in [-0.2, 0) is 0 Å². The monoisotopic (exact) mass is 206 g/mol. The van der Waals surface area contributed by atoms with Gasteiger partial charge in [-0.25, -0.2) is 0 Å². The predicted octanol–water partition coefficient (Wildman–Crippen LogP) is 2.38. The summed E-state index contributed by atoms with van der Waals surface area (Å²) in [6.07, 6.45) is 0.937. The van der Waals surface area contributed by atoms with Gasteiger partial charge in [0.05, 0.1) is 0 Å². The lowest BCUT2D eigenvalue weighted by Crippen LogP contribution is -2.36. The molecule has 0 bridgehead atoms. The predicted molar refractivity (Wildman–Crippen MR) is 65.9 cm³/mol. The number of benzene rings is 1. The summed E-state index contributed by atoms with van der Waals surface area (Å²) in [6, 6.07) is 8.96. The smallest absolute Gasteiger partial charge is 0.0334 e. The number of nitrogens with one attached hydrogen (secondary N) is 1. The Bertz CT molecular complexity index is 295. The van der Waals surface area contributed by atoms with Gasteiger partial charge in [-0.05, 0) is 39.8 Å². The van der Waals surface area contributed by atoms with Gasteiger partial charge in [0.25, 0.3) is 0 Å². The highest BCUT2D eigenvalue weighted by molar-refractivity contribution is 5.24. The molecule has 0 spiro atoms. The lowest BCUT2D eigenvalue weighted by Gasteiger charge is -2.26. The molecule has 15 heavy (non-hydrogen) atoms. The molecule has 1 aromatic carbocycles. The molecule has 3 N–H and O–H groups in total. The Morgan fingerprint density at radius 3 is 2.20 bits per heavy atom.